The van der Waals surface area contributed by atoms with Gasteiger partial charge in [0.25, 0.3) is 5.91 Å². The molecule has 1 amide bonds. The first-order valence-electron chi connectivity index (χ1n) is 9.74. The molecule has 7 heteroatoms. The average Bonchev–Trinajstić information content (AvgIpc) is 2.82. The van der Waals surface area contributed by atoms with Gasteiger partial charge in [0.05, 0.1) is 12.2 Å². The highest BCUT2D eigenvalue weighted by atomic mass is 16.7. The third kappa shape index (κ3) is 3.55. The van der Waals surface area contributed by atoms with Crippen molar-refractivity contribution in [1.82, 2.24) is 10.1 Å². The van der Waals surface area contributed by atoms with Crippen LogP contribution in [0.25, 0.3) is 5.57 Å². The van der Waals surface area contributed by atoms with Crippen molar-refractivity contribution in [3.8, 4) is 0 Å². The number of hydrogen-bond donors (Lipinski definition) is 2. The lowest BCUT2D eigenvalue weighted by Gasteiger charge is -2.42. The molecule has 1 fully saturated rings. The van der Waals surface area contributed by atoms with E-state index < -0.39 is 5.54 Å². The summed E-state index contributed by atoms with van der Waals surface area (Å²) >= 11 is 0. The molecular formula is C21H30N2O5. The van der Waals surface area contributed by atoms with Gasteiger partial charge >= 0.3 is 0 Å². The number of hydrogen-bond acceptors (Lipinski definition) is 6. The van der Waals surface area contributed by atoms with Crippen LogP contribution in [0.5, 0.6) is 0 Å². The standard InChI is InChI=1S/C21H30N2O5/c1-14-12-15(2)17(16(3)13-14)18-19(24)21(6-8-22(26)9-7-21)23(20(18)25)28-11-5-10-27-4/h12-13,24,26H,5-11H2,1-4H3. The molecule has 1 aromatic rings. The molecule has 2 aliphatic rings. The minimum absolute atomic E-state index is 0.0485. The van der Waals surface area contributed by atoms with E-state index in [-0.39, 0.29) is 11.7 Å². The maximum atomic E-state index is 13.4. The predicted octanol–water partition coefficient (Wildman–Crippen LogP) is 2.92. The number of methoxy groups -OCH3 is 1. The maximum Gasteiger partial charge on any atom is 0.282 e. The van der Waals surface area contributed by atoms with Crippen molar-refractivity contribution in [3.63, 3.8) is 0 Å². The van der Waals surface area contributed by atoms with Crippen LogP contribution in [0, 0.1) is 20.8 Å². The summed E-state index contributed by atoms with van der Waals surface area (Å²) in [7, 11) is 1.62. The van der Waals surface area contributed by atoms with Crippen LogP contribution in [0.2, 0.25) is 0 Å². The number of hydroxylamine groups is 4. The van der Waals surface area contributed by atoms with Gasteiger partial charge in [-0.2, -0.15) is 5.06 Å². The zero-order chi connectivity index (χ0) is 20.5. The van der Waals surface area contributed by atoms with E-state index in [9.17, 15) is 15.1 Å². The molecule has 1 aromatic carbocycles. The number of piperidine rings is 1. The average molecular weight is 390 g/mol. The fourth-order valence-corrected chi connectivity index (χ4v) is 4.37. The van der Waals surface area contributed by atoms with Gasteiger partial charge in [-0.25, -0.2) is 5.06 Å². The lowest BCUT2D eigenvalue weighted by atomic mass is 9.85. The van der Waals surface area contributed by atoms with E-state index in [0.717, 1.165) is 22.3 Å². The zero-order valence-corrected chi connectivity index (χ0v) is 17.1. The highest BCUT2D eigenvalue weighted by Crippen LogP contribution is 2.46. The molecule has 2 aliphatic heterocycles. The second-order valence-electron chi connectivity index (χ2n) is 7.76. The van der Waals surface area contributed by atoms with E-state index in [1.165, 1.54) is 10.1 Å². The topological polar surface area (TPSA) is 82.5 Å². The molecule has 0 bridgehead atoms. The molecule has 0 aliphatic carbocycles. The summed E-state index contributed by atoms with van der Waals surface area (Å²) in [6, 6.07) is 4.03. The molecule has 2 N–H and O–H groups in total. The van der Waals surface area contributed by atoms with Crippen LogP contribution in [-0.2, 0) is 14.4 Å². The van der Waals surface area contributed by atoms with Crippen molar-refractivity contribution < 1.29 is 24.7 Å². The monoisotopic (exact) mass is 390 g/mol. The molecule has 0 aromatic heterocycles. The second kappa shape index (κ2) is 8.21. The molecule has 1 saturated heterocycles. The Labute approximate surface area is 166 Å². The molecule has 7 nitrogen and oxygen atoms in total. The van der Waals surface area contributed by atoms with Crippen molar-refractivity contribution in [2.75, 3.05) is 33.4 Å². The predicted molar refractivity (Wildman–Crippen MR) is 105 cm³/mol. The minimum Gasteiger partial charge on any atom is -0.509 e. The Morgan fingerprint density at radius 3 is 2.29 bits per heavy atom. The van der Waals surface area contributed by atoms with Gasteiger partial charge in [0, 0.05) is 26.8 Å². The molecule has 0 atom stereocenters. The summed E-state index contributed by atoms with van der Waals surface area (Å²) in [5.74, 6) is -0.274. The molecule has 0 saturated carbocycles. The first kappa shape index (κ1) is 20.8. The van der Waals surface area contributed by atoms with Crippen LogP contribution in [0.4, 0.5) is 0 Å². The van der Waals surface area contributed by atoms with Crippen LogP contribution in [-0.4, -0.2) is 65.3 Å². The summed E-state index contributed by atoms with van der Waals surface area (Å²) in [5.41, 5.74) is 3.14. The number of ether oxygens (including phenoxy) is 1. The van der Waals surface area contributed by atoms with Crippen LogP contribution in [0.15, 0.2) is 17.9 Å². The summed E-state index contributed by atoms with van der Waals surface area (Å²) in [4.78, 5) is 19.3. The normalized spacial score (nSPS) is 19.9. The van der Waals surface area contributed by atoms with Gasteiger partial charge in [-0.05, 0) is 56.7 Å². The van der Waals surface area contributed by atoms with E-state index in [1.807, 2.05) is 32.9 Å². The van der Waals surface area contributed by atoms with Crippen molar-refractivity contribution >= 4 is 11.5 Å². The maximum absolute atomic E-state index is 13.4. The van der Waals surface area contributed by atoms with Crippen LogP contribution >= 0.6 is 0 Å². The summed E-state index contributed by atoms with van der Waals surface area (Å²) < 4.78 is 5.06. The number of aryl methyl sites for hydroxylation is 3. The number of benzene rings is 1. The van der Waals surface area contributed by atoms with E-state index in [0.29, 0.717) is 51.1 Å². The molecule has 0 radical (unpaired) electrons. The molecule has 28 heavy (non-hydrogen) atoms. The number of carbonyl (C=O) groups is 1. The van der Waals surface area contributed by atoms with Gasteiger partial charge in [0.15, 0.2) is 0 Å². The summed E-state index contributed by atoms with van der Waals surface area (Å²) in [5, 5.41) is 23.7. The fraction of sp³-hybridized carbons (Fsp3) is 0.571. The number of aliphatic hydroxyl groups excluding tert-OH is 1. The van der Waals surface area contributed by atoms with Gasteiger partial charge in [-0.1, -0.05) is 17.7 Å². The summed E-state index contributed by atoms with van der Waals surface area (Å²) in [6.45, 7) is 7.47. The van der Waals surface area contributed by atoms with Gasteiger partial charge in [0.1, 0.15) is 11.3 Å². The number of aliphatic hydroxyl groups is 1. The largest absolute Gasteiger partial charge is 0.509 e. The number of carbonyl (C=O) groups excluding carboxylic acids is 1. The Bertz CT molecular complexity index is 758. The SMILES string of the molecule is COCCCON1C(=O)C(c2c(C)cc(C)cc2C)=C(O)C12CCN(O)CC2. The lowest BCUT2D eigenvalue weighted by Crippen LogP contribution is -2.54. The molecule has 1 spiro atoms. The van der Waals surface area contributed by atoms with Crippen molar-refractivity contribution in [1.29, 1.82) is 0 Å². The molecule has 3 rings (SSSR count). The third-order valence-electron chi connectivity index (χ3n) is 5.67. The quantitative estimate of drug-likeness (QED) is 0.727. The Morgan fingerprint density at radius 2 is 1.71 bits per heavy atom. The second-order valence-corrected chi connectivity index (χ2v) is 7.76. The van der Waals surface area contributed by atoms with Crippen molar-refractivity contribution in [2.45, 2.75) is 45.6 Å². The molecule has 154 valence electrons. The minimum atomic E-state index is -0.942. The van der Waals surface area contributed by atoms with Crippen LogP contribution < -0.4 is 0 Å². The number of rotatable bonds is 6. The van der Waals surface area contributed by atoms with Crippen molar-refractivity contribution in [3.05, 3.63) is 40.1 Å². The molecule has 0 unspecified atom stereocenters. The van der Waals surface area contributed by atoms with Crippen LogP contribution in [0.3, 0.4) is 0 Å². The Morgan fingerprint density at radius 1 is 1.11 bits per heavy atom. The highest BCUT2D eigenvalue weighted by Gasteiger charge is 2.55. The Balaban J connectivity index is 2.03. The molecular weight excluding hydrogens is 360 g/mol. The molecule has 2 heterocycles. The summed E-state index contributed by atoms with van der Waals surface area (Å²) in [6.07, 6.45) is 1.44. The van der Waals surface area contributed by atoms with Gasteiger partial charge in [-0.15, -0.1) is 0 Å². The van der Waals surface area contributed by atoms with Gasteiger partial charge in [-0.3, -0.25) is 9.63 Å². The number of nitrogens with zero attached hydrogens (tertiary/aromatic N) is 2. The van der Waals surface area contributed by atoms with E-state index in [1.54, 1.807) is 7.11 Å². The van der Waals surface area contributed by atoms with Gasteiger partial charge < -0.3 is 15.1 Å². The fourth-order valence-electron chi connectivity index (χ4n) is 4.37. The Kier molecular flexibility index (Phi) is 6.09. The highest BCUT2D eigenvalue weighted by molar-refractivity contribution is 6.23. The smallest absolute Gasteiger partial charge is 0.282 e. The first-order chi connectivity index (χ1) is 13.3. The number of amides is 1. The zero-order valence-electron chi connectivity index (χ0n) is 17.1. The first-order valence-corrected chi connectivity index (χ1v) is 9.74. The third-order valence-corrected chi connectivity index (χ3v) is 5.67. The van der Waals surface area contributed by atoms with Crippen molar-refractivity contribution in [2.24, 2.45) is 0 Å². The van der Waals surface area contributed by atoms with E-state index >= 15 is 0 Å². The van der Waals surface area contributed by atoms with E-state index in [4.69, 9.17) is 9.57 Å². The van der Waals surface area contributed by atoms with Gasteiger partial charge in [0.2, 0.25) is 0 Å². The Hall–Kier alpha value is -1.93. The lowest BCUT2D eigenvalue weighted by molar-refractivity contribution is -0.229. The van der Waals surface area contributed by atoms with E-state index in [2.05, 4.69) is 0 Å². The van der Waals surface area contributed by atoms with Crippen LogP contribution in [0.1, 0.15) is 41.5 Å².